The van der Waals surface area contributed by atoms with Crippen LogP contribution in [0.5, 0.6) is 5.75 Å². The molecule has 0 bridgehead atoms. The second-order valence-corrected chi connectivity index (χ2v) is 8.58. The van der Waals surface area contributed by atoms with E-state index in [9.17, 15) is 9.59 Å². The van der Waals surface area contributed by atoms with E-state index in [1.54, 1.807) is 5.38 Å². The molecule has 0 saturated carbocycles. The van der Waals surface area contributed by atoms with Crippen molar-refractivity contribution < 1.29 is 19.1 Å². The number of carbonyl (C=O) groups is 2. The van der Waals surface area contributed by atoms with E-state index in [4.69, 9.17) is 9.47 Å². The molecule has 1 aromatic heterocycles. The number of hydrogen-bond donors (Lipinski definition) is 3. The minimum absolute atomic E-state index is 0.214. The van der Waals surface area contributed by atoms with Crippen LogP contribution in [0.1, 0.15) is 25.1 Å². The Hall–Kier alpha value is -2.85. The van der Waals surface area contributed by atoms with Crippen molar-refractivity contribution in [1.82, 2.24) is 15.2 Å². The van der Waals surface area contributed by atoms with E-state index < -0.39 is 12.1 Å². The van der Waals surface area contributed by atoms with Gasteiger partial charge in [0.2, 0.25) is 0 Å². The number of aromatic nitrogens is 1. The summed E-state index contributed by atoms with van der Waals surface area (Å²) in [5.41, 5.74) is 2.26. The van der Waals surface area contributed by atoms with E-state index in [1.165, 1.54) is 11.3 Å². The largest absolute Gasteiger partial charge is 0.491 e. The Morgan fingerprint density at radius 3 is 2.71 bits per heavy atom. The van der Waals surface area contributed by atoms with Crippen LogP contribution in [0.25, 0.3) is 0 Å². The van der Waals surface area contributed by atoms with E-state index in [2.05, 4.69) is 34.8 Å². The summed E-state index contributed by atoms with van der Waals surface area (Å²) < 4.78 is 10.9. The van der Waals surface area contributed by atoms with Crippen LogP contribution in [0, 0.1) is 12.8 Å². The van der Waals surface area contributed by atoms with Crippen LogP contribution in [0.3, 0.4) is 0 Å². The van der Waals surface area contributed by atoms with Gasteiger partial charge in [-0.1, -0.05) is 19.9 Å². The predicted octanol–water partition coefficient (Wildman–Crippen LogP) is 3.92. The van der Waals surface area contributed by atoms with Gasteiger partial charge in [0.05, 0.1) is 24.5 Å². The lowest BCUT2D eigenvalue weighted by atomic mass is 10.2. The number of aryl methyl sites for hydroxylation is 1. The molecule has 31 heavy (non-hydrogen) atoms. The number of anilines is 2. The standard InChI is InChI=1S/C21H31N5O4S/c1-14(2)12-30-18-10-15(3)6-7-17(18)24-19(27)25-20-23-16(13-31-20)11-22-21(28)29-9-8-26(4)5/h6-7,10,13-14H,8-9,11-12H2,1-5H3,(H,22,28)(H2,23,24,25,27). The average Bonchev–Trinajstić information content (AvgIpc) is 3.13. The second kappa shape index (κ2) is 12.1. The molecule has 0 aliphatic heterocycles. The van der Waals surface area contributed by atoms with E-state index in [1.807, 2.05) is 44.1 Å². The normalized spacial score (nSPS) is 10.8. The minimum Gasteiger partial charge on any atom is -0.491 e. The fraction of sp³-hybridized carbons (Fsp3) is 0.476. The van der Waals surface area contributed by atoms with Crippen molar-refractivity contribution in [3.8, 4) is 5.75 Å². The van der Waals surface area contributed by atoms with Crippen LogP contribution in [-0.4, -0.2) is 55.9 Å². The van der Waals surface area contributed by atoms with Crippen molar-refractivity contribution in [2.45, 2.75) is 27.3 Å². The third-order valence-electron chi connectivity index (χ3n) is 3.92. The number of alkyl carbamates (subject to hydrolysis) is 1. The third kappa shape index (κ3) is 9.22. The van der Waals surface area contributed by atoms with E-state index >= 15 is 0 Å². The number of likely N-dealkylation sites (N-methyl/N-ethyl adjacent to an activating group) is 1. The number of thiazole rings is 1. The SMILES string of the molecule is Cc1ccc(NC(=O)Nc2nc(CNC(=O)OCCN(C)C)cs2)c(OCC(C)C)c1. The molecule has 3 amide bonds. The first-order valence-electron chi connectivity index (χ1n) is 10.0. The maximum Gasteiger partial charge on any atom is 0.407 e. The van der Waals surface area contributed by atoms with Crippen LogP contribution in [0.2, 0.25) is 0 Å². The number of amides is 3. The Labute approximate surface area is 187 Å². The number of benzene rings is 1. The Kier molecular flexibility index (Phi) is 9.54. The average molecular weight is 450 g/mol. The highest BCUT2D eigenvalue weighted by atomic mass is 32.1. The molecular formula is C21H31N5O4S. The van der Waals surface area contributed by atoms with Gasteiger partial charge in [0.25, 0.3) is 0 Å². The van der Waals surface area contributed by atoms with Crippen LogP contribution in [0.15, 0.2) is 23.6 Å². The number of nitrogens with zero attached hydrogens (tertiary/aromatic N) is 2. The summed E-state index contributed by atoms with van der Waals surface area (Å²) in [5.74, 6) is 0.996. The van der Waals surface area contributed by atoms with Crippen LogP contribution in [0.4, 0.5) is 20.4 Å². The van der Waals surface area contributed by atoms with Gasteiger partial charge in [-0.2, -0.15) is 0 Å². The van der Waals surface area contributed by atoms with Gasteiger partial charge in [0.15, 0.2) is 5.13 Å². The summed E-state index contributed by atoms with van der Waals surface area (Å²) in [6.45, 7) is 7.83. The van der Waals surface area contributed by atoms with Crippen molar-refractivity contribution in [1.29, 1.82) is 0 Å². The number of rotatable bonds is 10. The maximum atomic E-state index is 12.4. The highest BCUT2D eigenvalue weighted by Gasteiger charge is 2.12. The molecule has 0 fully saturated rings. The summed E-state index contributed by atoms with van der Waals surface area (Å²) in [7, 11) is 3.80. The zero-order valence-electron chi connectivity index (χ0n) is 18.7. The molecule has 0 aliphatic rings. The topological polar surface area (TPSA) is 105 Å². The summed E-state index contributed by atoms with van der Waals surface area (Å²) in [6.07, 6.45) is -0.504. The van der Waals surface area contributed by atoms with Gasteiger partial charge in [-0.25, -0.2) is 14.6 Å². The smallest absolute Gasteiger partial charge is 0.407 e. The molecule has 2 aromatic rings. The monoisotopic (exact) mass is 449 g/mol. The molecule has 0 saturated heterocycles. The van der Waals surface area contributed by atoms with Crippen molar-refractivity contribution in [2.75, 3.05) is 44.5 Å². The fourth-order valence-electron chi connectivity index (χ4n) is 2.34. The van der Waals surface area contributed by atoms with E-state index in [-0.39, 0.29) is 6.54 Å². The highest BCUT2D eigenvalue weighted by molar-refractivity contribution is 7.13. The van der Waals surface area contributed by atoms with Crippen molar-refractivity contribution in [2.24, 2.45) is 5.92 Å². The quantitative estimate of drug-likeness (QED) is 0.508. The maximum absolute atomic E-state index is 12.4. The molecule has 9 nitrogen and oxygen atoms in total. The molecule has 0 atom stereocenters. The number of nitrogens with one attached hydrogen (secondary N) is 3. The predicted molar refractivity (Wildman–Crippen MR) is 123 cm³/mol. The molecule has 10 heteroatoms. The van der Waals surface area contributed by atoms with Gasteiger partial charge in [-0.15, -0.1) is 11.3 Å². The van der Waals surface area contributed by atoms with Crippen molar-refractivity contribution in [3.63, 3.8) is 0 Å². The second-order valence-electron chi connectivity index (χ2n) is 7.72. The first-order valence-corrected chi connectivity index (χ1v) is 10.9. The summed E-state index contributed by atoms with van der Waals surface area (Å²) in [4.78, 5) is 30.3. The molecule has 2 rings (SSSR count). The van der Waals surface area contributed by atoms with Crippen LogP contribution in [-0.2, 0) is 11.3 Å². The Balaban J connectivity index is 1.84. The molecule has 0 radical (unpaired) electrons. The van der Waals surface area contributed by atoms with Crippen LogP contribution >= 0.6 is 11.3 Å². The van der Waals surface area contributed by atoms with Gasteiger partial charge >= 0.3 is 12.1 Å². The van der Waals surface area contributed by atoms with Crippen LogP contribution < -0.4 is 20.7 Å². The molecule has 3 N–H and O–H groups in total. The Bertz CT molecular complexity index is 869. The number of hydrogen-bond acceptors (Lipinski definition) is 7. The van der Waals surface area contributed by atoms with E-state index in [0.29, 0.717) is 47.9 Å². The molecular weight excluding hydrogens is 418 g/mol. The molecule has 0 aliphatic carbocycles. The molecule has 0 unspecified atom stereocenters. The summed E-state index contributed by atoms with van der Waals surface area (Å²) in [6, 6.07) is 5.19. The third-order valence-corrected chi connectivity index (χ3v) is 4.72. The fourth-order valence-corrected chi connectivity index (χ4v) is 3.04. The van der Waals surface area contributed by atoms with Gasteiger partial charge in [-0.05, 0) is 44.6 Å². The lowest BCUT2D eigenvalue weighted by Gasteiger charge is -2.14. The zero-order valence-corrected chi connectivity index (χ0v) is 19.5. The first-order chi connectivity index (χ1) is 14.7. The number of ether oxygens (including phenoxy) is 2. The Morgan fingerprint density at radius 1 is 1.23 bits per heavy atom. The van der Waals surface area contributed by atoms with Crippen molar-refractivity contribution in [3.05, 3.63) is 34.8 Å². The number of urea groups is 1. The molecule has 1 aromatic carbocycles. The van der Waals surface area contributed by atoms with Crippen molar-refractivity contribution >= 4 is 34.3 Å². The summed E-state index contributed by atoms with van der Waals surface area (Å²) in [5, 5.41) is 10.3. The van der Waals surface area contributed by atoms with E-state index in [0.717, 1.165) is 5.56 Å². The molecule has 0 spiro atoms. The first kappa shape index (κ1) is 24.4. The van der Waals surface area contributed by atoms with Gasteiger partial charge in [0.1, 0.15) is 12.4 Å². The molecule has 170 valence electrons. The summed E-state index contributed by atoms with van der Waals surface area (Å²) >= 11 is 1.27. The minimum atomic E-state index is -0.504. The zero-order chi connectivity index (χ0) is 22.8. The lowest BCUT2D eigenvalue weighted by Crippen LogP contribution is -2.27. The van der Waals surface area contributed by atoms with Gasteiger partial charge < -0.3 is 25.0 Å². The Morgan fingerprint density at radius 2 is 2.00 bits per heavy atom. The number of carbonyl (C=O) groups excluding carboxylic acids is 2. The van der Waals surface area contributed by atoms with Gasteiger partial charge in [0, 0.05) is 11.9 Å². The molecule has 1 heterocycles. The van der Waals surface area contributed by atoms with Gasteiger partial charge in [-0.3, -0.25) is 5.32 Å². The lowest BCUT2D eigenvalue weighted by molar-refractivity contribution is 0.136. The highest BCUT2D eigenvalue weighted by Crippen LogP contribution is 2.26.